The smallest absolute Gasteiger partial charge is 0.122 e. The lowest BCUT2D eigenvalue weighted by Crippen LogP contribution is -2.28. The molecule has 0 aromatic heterocycles. The van der Waals surface area contributed by atoms with E-state index in [0.717, 1.165) is 23.7 Å². The van der Waals surface area contributed by atoms with Crippen LogP contribution in [0.3, 0.4) is 0 Å². The largest absolute Gasteiger partial charge is 0.496 e. The van der Waals surface area contributed by atoms with Crippen LogP contribution in [-0.2, 0) is 6.42 Å². The molecule has 2 rings (SSSR count). The molecule has 1 N–H and O–H groups in total. The summed E-state index contributed by atoms with van der Waals surface area (Å²) in [5.74, 6) is 0.956. The Morgan fingerprint density at radius 1 is 1.50 bits per heavy atom. The highest BCUT2D eigenvalue weighted by Gasteiger charge is 2.21. The summed E-state index contributed by atoms with van der Waals surface area (Å²) < 4.78 is 5.33. The van der Waals surface area contributed by atoms with Gasteiger partial charge in [-0.25, -0.2) is 0 Å². The predicted octanol–water partition coefficient (Wildman–Crippen LogP) is 2.56. The molecule has 1 unspecified atom stereocenters. The van der Waals surface area contributed by atoms with Gasteiger partial charge in [-0.1, -0.05) is 11.6 Å². The van der Waals surface area contributed by atoms with Gasteiger partial charge in [-0.2, -0.15) is 0 Å². The Kier molecular flexibility index (Phi) is 2.66. The third-order valence-electron chi connectivity index (χ3n) is 2.74. The number of halogens is 1. The van der Waals surface area contributed by atoms with Crippen molar-refractivity contribution < 1.29 is 4.74 Å². The minimum absolute atomic E-state index is 0.321. The molecule has 0 amide bonds. The normalized spacial score (nSPS) is 20.4. The van der Waals surface area contributed by atoms with E-state index in [-0.39, 0.29) is 0 Å². The van der Waals surface area contributed by atoms with Crippen LogP contribution in [0.4, 0.5) is 0 Å². The fourth-order valence-electron chi connectivity index (χ4n) is 2.05. The van der Waals surface area contributed by atoms with Gasteiger partial charge in [0.05, 0.1) is 7.11 Å². The highest BCUT2D eigenvalue weighted by atomic mass is 35.5. The summed E-state index contributed by atoms with van der Waals surface area (Å²) >= 11 is 6.17. The fourth-order valence-corrected chi connectivity index (χ4v) is 2.39. The third kappa shape index (κ3) is 1.49. The molecule has 1 heterocycles. The summed E-state index contributed by atoms with van der Waals surface area (Å²) in [6, 6.07) is 4.17. The fraction of sp³-hybridized carbons (Fsp3) is 0.455. The molecule has 0 saturated carbocycles. The van der Waals surface area contributed by atoms with Gasteiger partial charge in [0.1, 0.15) is 5.75 Å². The van der Waals surface area contributed by atoms with Crippen LogP contribution in [0, 0.1) is 0 Å². The maximum atomic E-state index is 6.17. The molecule has 1 aromatic carbocycles. The second-order valence-electron chi connectivity index (χ2n) is 3.57. The van der Waals surface area contributed by atoms with E-state index in [2.05, 4.69) is 12.2 Å². The summed E-state index contributed by atoms with van der Waals surface area (Å²) in [5, 5.41) is 4.22. The van der Waals surface area contributed by atoms with Crippen molar-refractivity contribution in [3.63, 3.8) is 0 Å². The van der Waals surface area contributed by atoms with Gasteiger partial charge >= 0.3 is 0 Å². The molecule has 0 spiro atoms. The maximum absolute atomic E-state index is 6.17. The Hall–Kier alpha value is -0.730. The Balaban J connectivity index is 2.57. The number of ether oxygens (including phenoxy) is 1. The average molecular weight is 212 g/mol. The van der Waals surface area contributed by atoms with Gasteiger partial charge in [0.2, 0.25) is 0 Å². The standard InChI is InChI=1S/C11H14ClNO/c1-7-11-8(5-6-13-7)10(14-2)4-3-9(11)12/h3-4,7,13H,5-6H2,1-2H3. The summed E-state index contributed by atoms with van der Waals surface area (Å²) in [6.07, 6.45) is 0.989. The predicted molar refractivity (Wildman–Crippen MR) is 58.1 cm³/mol. The SMILES string of the molecule is COc1ccc(Cl)c2c1CCNC2C. The molecule has 1 aliphatic heterocycles. The second kappa shape index (κ2) is 3.79. The average Bonchev–Trinajstić information content (AvgIpc) is 2.18. The van der Waals surface area contributed by atoms with E-state index in [4.69, 9.17) is 16.3 Å². The maximum Gasteiger partial charge on any atom is 0.122 e. The van der Waals surface area contributed by atoms with Crippen molar-refractivity contribution >= 4 is 11.6 Å². The molecule has 2 nitrogen and oxygen atoms in total. The summed E-state index contributed by atoms with van der Waals surface area (Å²) in [7, 11) is 1.70. The van der Waals surface area contributed by atoms with Crippen molar-refractivity contribution in [2.24, 2.45) is 0 Å². The van der Waals surface area contributed by atoms with E-state index < -0.39 is 0 Å². The molecule has 0 saturated heterocycles. The van der Waals surface area contributed by atoms with E-state index in [9.17, 15) is 0 Å². The minimum Gasteiger partial charge on any atom is -0.496 e. The monoisotopic (exact) mass is 211 g/mol. The van der Waals surface area contributed by atoms with Crippen LogP contribution in [0.5, 0.6) is 5.75 Å². The van der Waals surface area contributed by atoms with Gasteiger partial charge in [-0.3, -0.25) is 0 Å². The van der Waals surface area contributed by atoms with Crippen LogP contribution >= 0.6 is 11.6 Å². The lowest BCUT2D eigenvalue weighted by molar-refractivity contribution is 0.402. The molecular weight excluding hydrogens is 198 g/mol. The Labute approximate surface area is 89.2 Å². The molecule has 0 fully saturated rings. The Morgan fingerprint density at radius 2 is 2.29 bits per heavy atom. The lowest BCUT2D eigenvalue weighted by Gasteiger charge is -2.26. The van der Waals surface area contributed by atoms with Gasteiger partial charge in [-0.15, -0.1) is 0 Å². The number of methoxy groups -OCH3 is 1. The van der Waals surface area contributed by atoms with Crippen molar-refractivity contribution in [2.75, 3.05) is 13.7 Å². The van der Waals surface area contributed by atoms with Crippen LogP contribution in [-0.4, -0.2) is 13.7 Å². The van der Waals surface area contributed by atoms with E-state index in [1.807, 2.05) is 12.1 Å². The molecule has 14 heavy (non-hydrogen) atoms. The van der Waals surface area contributed by atoms with Crippen LogP contribution in [0.2, 0.25) is 5.02 Å². The van der Waals surface area contributed by atoms with E-state index in [0.29, 0.717) is 6.04 Å². The number of nitrogens with one attached hydrogen (secondary N) is 1. The van der Waals surface area contributed by atoms with Crippen molar-refractivity contribution in [1.29, 1.82) is 0 Å². The molecule has 0 aliphatic carbocycles. The number of rotatable bonds is 1. The first kappa shape index (κ1) is 9.81. The van der Waals surface area contributed by atoms with Crippen LogP contribution in [0.15, 0.2) is 12.1 Å². The molecule has 3 heteroatoms. The van der Waals surface area contributed by atoms with Crippen LogP contribution in [0.25, 0.3) is 0 Å². The molecular formula is C11H14ClNO. The van der Waals surface area contributed by atoms with E-state index in [1.54, 1.807) is 7.11 Å². The third-order valence-corrected chi connectivity index (χ3v) is 3.07. The van der Waals surface area contributed by atoms with Crippen molar-refractivity contribution in [2.45, 2.75) is 19.4 Å². The summed E-state index contributed by atoms with van der Waals surface area (Å²) in [4.78, 5) is 0. The molecule has 76 valence electrons. The quantitative estimate of drug-likeness (QED) is 0.771. The minimum atomic E-state index is 0.321. The van der Waals surface area contributed by atoms with Gasteiger partial charge in [0, 0.05) is 16.6 Å². The van der Waals surface area contributed by atoms with Gasteiger partial charge in [0.25, 0.3) is 0 Å². The Morgan fingerprint density at radius 3 is 3.00 bits per heavy atom. The van der Waals surface area contributed by atoms with Crippen molar-refractivity contribution in [3.05, 3.63) is 28.3 Å². The molecule has 1 aromatic rings. The van der Waals surface area contributed by atoms with Crippen molar-refractivity contribution in [1.82, 2.24) is 5.32 Å². The first-order valence-electron chi connectivity index (χ1n) is 4.82. The molecule has 1 atom stereocenters. The van der Waals surface area contributed by atoms with Gasteiger partial charge in [-0.05, 0) is 37.6 Å². The number of fused-ring (bicyclic) bond motifs is 1. The molecule has 1 aliphatic rings. The zero-order valence-corrected chi connectivity index (χ0v) is 9.19. The van der Waals surface area contributed by atoms with Crippen molar-refractivity contribution in [3.8, 4) is 5.75 Å². The second-order valence-corrected chi connectivity index (χ2v) is 3.97. The highest BCUT2D eigenvalue weighted by Crippen LogP contribution is 2.35. The zero-order chi connectivity index (χ0) is 10.1. The topological polar surface area (TPSA) is 21.3 Å². The van der Waals surface area contributed by atoms with Crippen LogP contribution < -0.4 is 10.1 Å². The first-order valence-corrected chi connectivity index (χ1v) is 5.20. The Bertz CT molecular complexity index is 351. The molecule has 0 radical (unpaired) electrons. The number of hydrogen-bond donors (Lipinski definition) is 1. The van der Waals surface area contributed by atoms with Crippen LogP contribution in [0.1, 0.15) is 24.1 Å². The van der Waals surface area contributed by atoms with Gasteiger partial charge < -0.3 is 10.1 Å². The van der Waals surface area contributed by atoms with Gasteiger partial charge in [0.15, 0.2) is 0 Å². The van der Waals surface area contributed by atoms with E-state index in [1.165, 1.54) is 11.1 Å². The van der Waals surface area contributed by atoms with E-state index >= 15 is 0 Å². The highest BCUT2D eigenvalue weighted by molar-refractivity contribution is 6.31. The summed E-state index contributed by atoms with van der Waals surface area (Å²) in [6.45, 7) is 3.12. The lowest BCUT2D eigenvalue weighted by atomic mass is 9.94. The number of hydrogen-bond acceptors (Lipinski definition) is 2. The number of benzene rings is 1. The summed E-state index contributed by atoms with van der Waals surface area (Å²) in [5.41, 5.74) is 2.45. The zero-order valence-electron chi connectivity index (χ0n) is 8.43. The molecule has 0 bridgehead atoms. The first-order chi connectivity index (χ1) is 6.74.